The molecule has 0 aliphatic heterocycles. The van der Waals surface area contributed by atoms with Crippen LogP contribution in [0.25, 0.3) is 16.8 Å². The van der Waals surface area contributed by atoms with Crippen LogP contribution in [0.2, 0.25) is 0 Å². The van der Waals surface area contributed by atoms with Gasteiger partial charge in [-0.1, -0.05) is 41.9 Å². The fourth-order valence-electron chi connectivity index (χ4n) is 3.02. The lowest BCUT2D eigenvalue weighted by molar-refractivity contribution is -0.139. The van der Waals surface area contributed by atoms with Crippen LogP contribution in [0.3, 0.4) is 0 Å². The van der Waals surface area contributed by atoms with E-state index in [1.165, 1.54) is 7.11 Å². The first-order chi connectivity index (χ1) is 14.3. The van der Waals surface area contributed by atoms with E-state index in [9.17, 15) is 4.79 Å². The monoisotopic (exact) mass is 445 g/mol. The predicted molar refractivity (Wildman–Crippen MR) is 126 cm³/mol. The van der Waals surface area contributed by atoms with Crippen molar-refractivity contribution in [3.8, 4) is 11.1 Å². The van der Waals surface area contributed by atoms with Crippen LogP contribution in [0.1, 0.15) is 24.5 Å². The minimum atomic E-state index is -0.371. The number of rotatable bonds is 8. The van der Waals surface area contributed by atoms with Gasteiger partial charge in [-0.25, -0.2) is 5.01 Å². The van der Waals surface area contributed by atoms with Crippen LogP contribution in [0.15, 0.2) is 64.4 Å². The van der Waals surface area contributed by atoms with Crippen LogP contribution in [0.5, 0.6) is 0 Å². The third-order valence-corrected chi connectivity index (χ3v) is 5.03. The Morgan fingerprint density at radius 2 is 1.97 bits per heavy atom. The number of halogens is 2. The number of hydrogen-bond acceptors (Lipinski definition) is 5. The molecule has 2 N–H and O–H groups in total. The second-order valence-electron chi connectivity index (χ2n) is 6.59. The van der Waals surface area contributed by atoms with Gasteiger partial charge < -0.3 is 10.5 Å². The molecular formula is C23H25Cl2N3O2. The summed E-state index contributed by atoms with van der Waals surface area (Å²) in [6, 6.07) is 13.7. The van der Waals surface area contributed by atoms with Gasteiger partial charge in [-0.15, -0.1) is 11.6 Å². The van der Waals surface area contributed by atoms with Crippen molar-refractivity contribution < 1.29 is 9.53 Å². The Balaban J connectivity index is 2.59. The van der Waals surface area contributed by atoms with Crippen molar-refractivity contribution in [2.75, 3.05) is 18.7 Å². The lowest BCUT2D eigenvalue weighted by Crippen LogP contribution is -2.18. The van der Waals surface area contributed by atoms with E-state index < -0.39 is 0 Å². The lowest BCUT2D eigenvalue weighted by Gasteiger charge is -2.26. The Morgan fingerprint density at radius 1 is 1.27 bits per heavy atom. The Kier molecular flexibility index (Phi) is 8.51. The number of ether oxygens (including phenoxy) is 1. The van der Waals surface area contributed by atoms with E-state index in [-0.39, 0.29) is 18.3 Å². The molecule has 2 aromatic carbocycles. The van der Waals surface area contributed by atoms with Crippen molar-refractivity contribution in [2.24, 2.45) is 5.10 Å². The molecule has 5 nitrogen and oxygen atoms in total. The summed E-state index contributed by atoms with van der Waals surface area (Å²) in [4.78, 5) is 11.8. The van der Waals surface area contributed by atoms with Crippen molar-refractivity contribution >= 4 is 47.3 Å². The molecule has 0 amide bonds. The van der Waals surface area contributed by atoms with Crippen molar-refractivity contribution in [3.05, 3.63) is 70.4 Å². The standard InChI is InChI=1S/C23H25Cl2N3O2/c1-15-12-18(17-6-5-7-19(26)13-17)8-9-20(15)21(10-11-23(29)30-4)28(27-3)22(14-24)16(2)25/h5-10,12-13H,3,11,14,26H2,1-2,4H3/b21-10-,22-16-. The highest BCUT2D eigenvalue weighted by Crippen LogP contribution is 2.32. The molecule has 0 fully saturated rings. The number of nitrogens with two attached hydrogens (primary N) is 1. The van der Waals surface area contributed by atoms with Crippen LogP contribution in [-0.2, 0) is 9.53 Å². The molecule has 0 radical (unpaired) electrons. The number of anilines is 1. The van der Waals surface area contributed by atoms with Crippen molar-refractivity contribution in [3.63, 3.8) is 0 Å². The molecular weight excluding hydrogens is 421 g/mol. The maximum Gasteiger partial charge on any atom is 0.309 e. The predicted octanol–water partition coefficient (Wildman–Crippen LogP) is 5.77. The second-order valence-corrected chi connectivity index (χ2v) is 7.43. The topological polar surface area (TPSA) is 67.9 Å². The zero-order valence-electron chi connectivity index (χ0n) is 17.3. The van der Waals surface area contributed by atoms with E-state index in [0.29, 0.717) is 22.1 Å². The van der Waals surface area contributed by atoms with Crippen LogP contribution in [0, 0.1) is 6.92 Å². The van der Waals surface area contributed by atoms with Gasteiger partial charge in [0.2, 0.25) is 0 Å². The fraction of sp³-hybridized carbons (Fsp3) is 0.217. The number of carbonyl (C=O) groups is 1. The summed E-state index contributed by atoms with van der Waals surface area (Å²) in [5.74, 6) is -0.241. The summed E-state index contributed by atoms with van der Waals surface area (Å²) in [6.07, 6.45) is 1.79. The van der Waals surface area contributed by atoms with Crippen LogP contribution < -0.4 is 5.73 Å². The average Bonchev–Trinajstić information content (AvgIpc) is 2.73. The number of esters is 1. The Labute approximate surface area is 187 Å². The summed E-state index contributed by atoms with van der Waals surface area (Å²) in [5, 5.41) is 6.15. The third-order valence-electron chi connectivity index (χ3n) is 4.56. The fourth-order valence-corrected chi connectivity index (χ4v) is 3.55. The highest BCUT2D eigenvalue weighted by atomic mass is 35.5. The first-order valence-corrected chi connectivity index (χ1v) is 10.2. The van der Waals surface area contributed by atoms with Crippen LogP contribution in [-0.4, -0.2) is 30.7 Å². The van der Waals surface area contributed by atoms with Gasteiger partial charge in [0, 0.05) is 23.0 Å². The molecule has 30 heavy (non-hydrogen) atoms. The van der Waals surface area contributed by atoms with E-state index in [1.807, 2.05) is 43.3 Å². The van der Waals surface area contributed by atoms with E-state index in [0.717, 1.165) is 22.3 Å². The van der Waals surface area contributed by atoms with Crippen molar-refractivity contribution in [2.45, 2.75) is 20.3 Å². The number of methoxy groups -OCH3 is 1. The van der Waals surface area contributed by atoms with E-state index in [4.69, 9.17) is 33.7 Å². The maximum absolute atomic E-state index is 11.8. The normalized spacial score (nSPS) is 12.2. The average molecular weight is 446 g/mol. The van der Waals surface area contributed by atoms with E-state index in [2.05, 4.69) is 17.9 Å². The van der Waals surface area contributed by atoms with Gasteiger partial charge in [0.05, 0.1) is 30.8 Å². The zero-order valence-corrected chi connectivity index (χ0v) is 18.8. The number of nitrogen functional groups attached to an aromatic ring is 1. The van der Waals surface area contributed by atoms with Gasteiger partial charge in [0.1, 0.15) is 0 Å². The number of hydrazone groups is 1. The Morgan fingerprint density at radius 3 is 2.50 bits per heavy atom. The molecule has 0 heterocycles. The lowest BCUT2D eigenvalue weighted by atomic mass is 9.97. The number of aryl methyl sites for hydroxylation is 1. The Hall–Kier alpha value is -2.76. The number of carbonyl (C=O) groups excluding carboxylic acids is 1. The molecule has 0 aromatic heterocycles. The van der Waals surface area contributed by atoms with Gasteiger partial charge in [-0.05, 0) is 48.7 Å². The number of alkyl halides is 1. The van der Waals surface area contributed by atoms with Crippen molar-refractivity contribution in [1.29, 1.82) is 0 Å². The molecule has 2 aromatic rings. The molecule has 0 unspecified atom stereocenters. The highest BCUT2D eigenvalue weighted by molar-refractivity contribution is 6.30. The number of hydrogen-bond donors (Lipinski definition) is 1. The van der Waals surface area contributed by atoms with E-state index in [1.54, 1.807) is 18.0 Å². The quantitative estimate of drug-likeness (QED) is 0.184. The number of nitrogens with zero attached hydrogens (tertiary/aromatic N) is 2. The summed E-state index contributed by atoms with van der Waals surface area (Å²) in [6.45, 7) is 7.37. The molecule has 0 atom stereocenters. The number of benzene rings is 2. The molecule has 7 heteroatoms. The summed E-state index contributed by atoms with van der Waals surface area (Å²) in [7, 11) is 1.35. The summed E-state index contributed by atoms with van der Waals surface area (Å²) in [5.41, 5.74) is 11.7. The van der Waals surface area contributed by atoms with Gasteiger partial charge in [0.25, 0.3) is 0 Å². The SMILES string of the molecule is C=NN(/C(=C\CC(=O)OC)c1ccc(-c2cccc(N)c2)cc1C)/C(CCl)=C(/C)Cl. The van der Waals surface area contributed by atoms with Crippen molar-refractivity contribution in [1.82, 2.24) is 5.01 Å². The second kappa shape index (κ2) is 10.9. The highest BCUT2D eigenvalue weighted by Gasteiger charge is 2.19. The molecule has 0 saturated carbocycles. The largest absolute Gasteiger partial charge is 0.469 e. The molecule has 0 bridgehead atoms. The Bertz CT molecular complexity index is 996. The zero-order chi connectivity index (χ0) is 22.3. The van der Waals surface area contributed by atoms with Crippen LogP contribution >= 0.6 is 23.2 Å². The maximum atomic E-state index is 11.8. The minimum absolute atomic E-state index is 0.0607. The molecule has 0 aliphatic carbocycles. The van der Waals surface area contributed by atoms with Gasteiger partial charge in [-0.2, -0.15) is 5.10 Å². The smallest absolute Gasteiger partial charge is 0.309 e. The molecule has 158 valence electrons. The number of allylic oxidation sites excluding steroid dienone is 2. The van der Waals surface area contributed by atoms with Crippen LogP contribution in [0.4, 0.5) is 5.69 Å². The first kappa shape index (κ1) is 23.5. The van der Waals surface area contributed by atoms with E-state index >= 15 is 0 Å². The first-order valence-electron chi connectivity index (χ1n) is 9.24. The molecule has 0 saturated heterocycles. The third kappa shape index (κ3) is 5.65. The molecule has 0 spiro atoms. The van der Waals surface area contributed by atoms with Gasteiger partial charge >= 0.3 is 5.97 Å². The minimum Gasteiger partial charge on any atom is -0.469 e. The summed E-state index contributed by atoms with van der Waals surface area (Å²) >= 11 is 12.3. The summed E-state index contributed by atoms with van der Waals surface area (Å²) < 4.78 is 4.78. The van der Waals surface area contributed by atoms with Gasteiger partial charge in [0.15, 0.2) is 0 Å². The molecule has 2 rings (SSSR count). The molecule has 0 aliphatic rings. The van der Waals surface area contributed by atoms with Gasteiger partial charge in [-0.3, -0.25) is 4.79 Å².